The summed E-state index contributed by atoms with van der Waals surface area (Å²) in [5.74, 6) is 0. The summed E-state index contributed by atoms with van der Waals surface area (Å²) in [7, 11) is 4.15. The van der Waals surface area contributed by atoms with Gasteiger partial charge in [-0.3, -0.25) is 0 Å². The van der Waals surface area contributed by atoms with Crippen LogP contribution < -0.4 is 0 Å². The summed E-state index contributed by atoms with van der Waals surface area (Å²) in [6.45, 7) is 4.33. The Labute approximate surface area is 96.4 Å². The number of benzene rings is 1. The molecule has 5 heteroatoms. The van der Waals surface area contributed by atoms with Gasteiger partial charge in [0.05, 0.1) is 0 Å². The lowest BCUT2D eigenvalue weighted by molar-refractivity contribution is -0.742. The summed E-state index contributed by atoms with van der Waals surface area (Å²) in [5.41, 5.74) is 0. The van der Waals surface area contributed by atoms with E-state index in [0.29, 0.717) is 6.04 Å². The van der Waals surface area contributed by atoms with Crippen molar-refractivity contribution in [1.29, 1.82) is 0 Å². The van der Waals surface area contributed by atoms with Gasteiger partial charge >= 0.3 is 0 Å². The first-order valence-electron chi connectivity index (χ1n) is 4.87. The van der Waals surface area contributed by atoms with Gasteiger partial charge in [-0.2, -0.15) is 0 Å². The molecule has 0 amide bonds. The van der Waals surface area contributed by atoms with Crippen molar-refractivity contribution in [2.75, 3.05) is 14.1 Å². The van der Waals surface area contributed by atoms with Gasteiger partial charge in [0.15, 0.2) is 0 Å². The summed E-state index contributed by atoms with van der Waals surface area (Å²) in [5, 5.41) is 13.6. The molecular weight excluding hydrogens is 208 g/mol. The smallest absolute Gasteiger partial charge is 0.291 e. The lowest BCUT2D eigenvalue weighted by Crippen LogP contribution is -2.20. The summed E-state index contributed by atoms with van der Waals surface area (Å²) < 4.78 is 0. The number of nitrogens with zero attached hydrogens (tertiary/aromatic N) is 2. The fraction of sp³-hybridized carbons (Fsp3) is 0.455. The van der Waals surface area contributed by atoms with E-state index < -0.39 is 5.09 Å². The first-order chi connectivity index (χ1) is 7.37. The fourth-order valence-electron chi connectivity index (χ4n) is 0.385. The zero-order valence-electron chi connectivity index (χ0n) is 10.2. The highest BCUT2D eigenvalue weighted by Gasteiger charge is 1.90. The van der Waals surface area contributed by atoms with Crippen molar-refractivity contribution in [2.24, 2.45) is 0 Å². The van der Waals surface area contributed by atoms with Crippen LogP contribution in [0.1, 0.15) is 13.8 Å². The van der Waals surface area contributed by atoms with E-state index in [2.05, 4.69) is 32.8 Å². The largest absolute Gasteiger partial charge is 0.328 e. The monoisotopic (exact) mass is 228 g/mol. The van der Waals surface area contributed by atoms with Crippen LogP contribution in [0, 0.1) is 10.1 Å². The molecule has 0 aliphatic carbocycles. The summed E-state index contributed by atoms with van der Waals surface area (Å²) >= 11 is 0. The van der Waals surface area contributed by atoms with E-state index in [0.717, 1.165) is 0 Å². The molecule has 5 nitrogen and oxygen atoms in total. The molecule has 0 aliphatic rings. The Kier molecular flexibility index (Phi) is 12.0. The summed E-state index contributed by atoms with van der Waals surface area (Å²) in [4.78, 5) is 10.5. The van der Waals surface area contributed by atoms with Crippen LogP contribution in [0.25, 0.3) is 0 Å². The first-order valence-corrected chi connectivity index (χ1v) is 4.87. The van der Waals surface area contributed by atoms with E-state index in [1.165, 1.54) is 0 Å². The first kappa shape index (κ1) is 16.8. The third-order valence-electron chi connectivity index (χ3n) is 1.70. The van der Waals surface area contributed by atoms with Crippen LogP contribution in [0.5, 0.6) is 0 Å². The van der Waals surface area contributed by atoms with E-state index in [1.54, 1.807) is 0 Å². The Morgan fingerprint density at radius 1 is 1.06 bits per heavy atom. The molecule has 0 saturated carbocycles. The third kappa shape index (κ3) is 22.8. The van der Waals surface area contributed by atoms with Gasteiger partial charge in [-0.15, -0.1) is 10.1 Å². The molecule has 0 fully saturated rings. The maximum atomic E-state index is 8.36. The Balaban J connectivity index is 0. The Morgan fingerprint density at radius 3 is 1.25 bits per heavy atom. The quantitative estimate of drug-likeness (QED) is 0.591. The molecule has 1 rings (SSSR count). The topological polar surface area (TPSA) is 66.6 Å². The van der Waals surface area contributed by atoms with Gasteiger partial charge in [-0.1, -0.05) is 36.4 Å². The Bertz CT molecular complexity index is 214. The van der Waals surface area contributed by atoms with Gasteiger partial charge < -0.3 is 10.1 Å². The highest BCUT2D eigenvalue weighted by Crippen LogP contribution is 1.84. The number of hydrogen-bond donors (Lipinski definition) is 1. The summed E-state index contributed by atoms with van der Waals surface area (Å²) in [6, 6.07) is 12.7. The highest BCUT2D eigenvalue weighted by atomic mass is 16.9. The minimum atomic E-state index is -1.50. The van der Waals surface area contributed by atoms with Crippen molar-refractivity contribution in [3.8, 4) is 0 Å². The van der Waals surface area contributed by atoms with Crippen molar-refractivity contribution in [3.05, 3.63) is 46.5 Å². The maximum absolute atomic E-state index is 8.36. The van der Waals surface area contributed by atoms with E-state index in [-0.39, 0.29) is 0 Å². The average molecular weight is 228 g/mol. The van der Waals surface area contributed by atoms with Crippen molar-refractivity contribution in [3.63, 3.8) is 0 Å². The van der Waals surface area contributed by atoms with Crippen LogP contribution in [0.4, 0.5) is 0 Å². The van der Waals surface area contributed by atoms with Gasteiger partial charge in [-0.05, 0) is 27.9 Å². The maximum Gasteiger partial charge on any atom is 0.291 e. The molecule has 16 heavy (non-hydrogen) atoms. The second-order valence-electron chi connectivity index (χ2n) is 3.45. The Hall–Kier alpha value is -1.62. The number of hydrogen-bond acceptors (Lipinski definition) is 3. The van der Waals surface area contributed by atoms with Crippen LogP contribution >= 0.6 is 0 Å². The minimum absolute atomic E-state index is 0.685. The standard InChI is InChI=1S/C6H6.C5H13N.HNO3/c1-2-4-6-5-3-1;1-5(2)6(3)4;2-1(3)4/h1-6H;5H,1-4H3;(H,2,3,4). The molecule has 1 aromatic carbocycles. The molecule has 0 atom stereocenters. The van der Waals surface area contributed by atoms with Gasteiger partial charge in [0, 0.05) is 6.04 Å². The van der Waals surface area contributed by atoms with Crippen LogP contribution in [0.15, 0.2) is 36.4 Å². The predicted molar refractivity (Wildman–Crippen MR) is 64.0 cm³/mol. The fourth-order valence-corrected chi connectivity index (χ4v) is 0.385. The van der Waals surface area contributed by atoms with Crippen molar-refractivity contribution >= 4 is 0 Å². The van der Waals surface area contributed by atoms with Gasteiger partial charge in [0.1, 0.15) is 0 Å². The zero-order valence-corrected chi connectivity index (χ0v) is 10.2. The van der Waals surface area contributed by atoms with Gasteiger partial charge in [0.25, 0.3) is 5.09 Å². The van der Waals surface area contributed by atoms with Crippen molar-refractivity contribution in [2.45, 2.75) is 19.9 Å². The Morgan fingerprint density at radius 2 is 1.19 bits per heavy atom. The van der Waals surface area contributed by atoms with E-state index in [1.807, 2.05) is 36.4 Å². The minimum Gasteiger partial charge on any atom is -0.328 e. The normalized spacial score (nSPS) is 8.62. The second kappa shape index (κ2) is 11.5. The number of rotatable bonds is 1. The van der Waals surface area contributed by atoms with Gasteiger partial charge in [-0.25, -0.2) is 0 Å². The molecule has 0 unspecified atom stereocenters. The third-order valence-corrected chi connectivity index (χ3v) is 1.70. The van der Waals surface area contributed by atoms with Gasteiger partial charge in [0.2, 0.25) is 0 Å². The molecular formula is C11H20N2O3. The zero-order chi connectivity index (χ0) is 13.0. The van der Waals surface area contributed by atoms with E-state index >= 15 is 0 Å². The molecule has 0 heterocycles. The SMILES string of the molecule is CC(C)N(C)C.O=[N+]([O-])O.c1ccccc1. The summed E-state index contributed by atoms with van der Waals surface area (Å²) in [6.07, 6.45) is 0. The molecule has 92 valence electrons. The van der Waals surface area contributed by atoms with E-state index in [4.69, 9.17) is 15.3 Å². The molecule has 0 bridgehead atoms. The molecule has 0 saturated heterocycles. The molecule has 0 aliphatic heterocycles. The molecule has 1 N–H and O–H groups in total. The average Bonchev–Trinajstić information content (AvgIpc) is 2.20. The van der Waals surface area contributed by atoms with Crippen LogP contribution in [0.3, 0.4) is 0 Å². The second-order valence-corrected chi connectivity index (χ2v) is 3.45. The van der Waals surface area contributed by atoms with Crippen LogP contribution in [-0.4, -0.2) is 35.3 Å². The highest BCUT2D eigenvalue weighted by molar-refractivity contribution is 4.99. The van der Waals surface area contributed by atoms with Crippen LogP contribution in [-0.2, 0) is 0 Å². The predicted octanol–water partition coefficient (Wildman–Crippen LogP) is 2.30. The molecule has 1 aromatic rings. The molecule has 0 spiro atoms. The van der Waals surface area contributed by atoms with Crippen molar-refractivity contribution in [1.82, 2.24) is 4.90 Å². The van der Waals surface area contributed by atoms with E-state index in [9.17, 15) is 0 Å². The lowest BCUT2D eigenvalue weighted by atomic mass is 10.4. The lowest BCUT2D eigenvalue weighted by Gasteiger charge is -2.12. The van der Waals surface area contributed by atoms with Crippen molar-refractivity contribution < 1.29 is 10.3 Å². The molecule has 0 radical (unpaired) electrons. The van der Waals surface area contributed by atoms with Crippen LogP contribution in [0.2, 0.25) is 0 Å². The molecule has 0 aromatic heterocycles.